The molecule has 4 aromatic carbocycles. The van der Waals surface area contributed by atoms with Gasteiger partial charge in [0.15, 0.2) is 6.61 Å². The monoisotopic (exact) mass is 677 g/mol. The number of nitrogens with one attached hydrogen (secondary N) is 2. The maximum atomic E-state index is 13.9. The lowest BCUT2D eigenvalue weighted by molar-refractivity contribution is -0.123. The molecule has 11 heteroatoms. The van der Waals surface area contributed by atoms with Gasteiger partial charge in [-0.1, -0.05) is 59.9 Å². The molecule has 2 aliphatic heterocycles. The summed E-state index contributed by atoms with van der Waals surface area (Å²) in [6.45, 7) is -0.188. The van der Waals surface area contributed by atoms with Crippen LogP contribution in [0, 0.1) is 35.4 Å². The molecular weight excluding hydrogens is 650 g/mol. The average Bonchev–Trinajstić information content (AvgIpc) is 3.83. The van der Waals surface area contributed by atoms with Gasteiger partial charge < -0.3 is 15.0 Å². The molecule has 1 aromatic heterocycles. The fourth-order valence-electron chi connectivity index (χ4n) is 8.70. The first kappa shape index (κ1) is 29.4. The Hall–Kier alpha value is -4.74. The number of amides is 3. The molecule has 2 aliphatic carbocycles. The molecule has 0 unspecified atom stereocenters. The number of rotatable bonds is 6. The van der Waals surface area contributed by atoms with Crippen molar-refractivity contribution < 1.29 is 23.5 Å². The van der Waals surface area contributed by atoms with Crippen molar-refractivity contribution in [2.45, 2.75) is 22.6 Å². The third kappa shape index (κ3) is 4.55. The topological polar surface area (TPSA) is 109 Å². The zero-order chi connectivity index (χ0) is 32.7. The number of anilines is 2. The molecule has 0 spiro atoms. The molecule has 4 aliphatic rings. The number of benzene rings is 4. The van der Waals surface area contributed by atoms with Gasteiger partial charge in [0.25, 0.3) is 5.91 Å². The Bertz CT molecular complexity index is 2190. The number of carbonyl (C=O) groups is 3. The van der Waals surface area contributed by atoms with Crippen LogP contribution in [0.5, 0.6) is 5.75 Å². The van der Waals surface area contributed by atoms with Gasteiger partial charge in [-0.05, 0) is 77.6 Å². The number of aromatic nitrogens is 1. The van der Waals surface area contributed by atoms with Crippen LogP contribution < -0.4 is 19.8 Å². The fourth-order valence-corrected chi connectivity index (χ4v) is 11.6. The lowest BCUT2D eigenvalue weighted by Gasteiger charge is -2.43. The average molecular weight is 678 g/mol. The molecule has 9 rings (SSSR count). The van der Waals surface area contributed by atoms with Gasteiger partial charge in [0.1, 0.15) is 11.6 Å². The summed E-state index contributed by atoms with van der Waals surface area (Å²) in [5, 5.41) is 5.77. The van der Waals surface area contributed by atoms with E-state index in [-0.39, 0.29) is 58.1 Å². The second-order valence-corrected chi connectivity index (χ2v) is 15.1. The van der Waals surface area contributed by atoms with Crippen LogP contribution in [0.4, 0.5) is 15.8 Å². The summed E-state index contributed by atoms with van der Waals surface area (Å²) >= 11 is 2.81. The van der Waals surface area contributed by atoms with Gasteiger partial charge in [-0.25, -0.2) is 4.39 Å². The summed E-state index contributed by atoms with van der Waals surface area (Å²) in [6, 6.07) is 26.7. The second-order valence-electron chi connectivity index (χ2n) is 12.9. The molecule has 5 aromatic rings. The molecule has 7 atom stereocenters. The van der Waals surface area contributed by atoms with E-state index in [9.17, 15) is 23.6 Å². The number of halogens is 1. The molecule has 0 radical (unpaired) electrons. The van der Waals surface area contributed by atoms with Gasteiger partial charge >= 0.3 is 4.87 Å². The van der Waals surface area contributed by atoms with E-state index in [1.807, 2.05) is 60.7 Å². The molecule has 2 saturated carbocycles. The zero-order valence-corrected chi connectivity index (χ0v) is 26.9. The molecule has 3 fully saturated rings. The number of fused-ring (bicyclic) bond motifs is 10. The Morgan fingerprint density at radius 3 is 2.50 bits per heavy atom. The van der Waals surface area contributed by atoms with Crippen LogP contribution >= 0.6 is 23.1 Å². The van der Waals surface area contributed by atoms with E-state index in [1.54, 1.807) is 17.8 Å². The van der Waals surface area contributed by atoms with Crippen LogP contribution in [0.1, 0.15) is 22.8 Å². The third-order valence-corrected chi connectivity index (χ3v) is 13.0. The lowest BCUT2D eigenvalue weighted by atomic mass is 9.68. The number of H-pyrrole nitrogens is 1. The molecule has 48 heavy (non-hydrogen) atoms. The summed E-state index contributed by atoms with van der Waals surface area (Å²) < 4.78 is 19.7. The number of carbonyl (C=O) groups excluding carboxylic acids is 3. The van der Waals surface area contributed by atoms with E-state index in [2.05, 4.69) is 10.3 Å². The smallest absolute Gasteiger partial charge is 0.305 e. The summed E-state index contributed by atoms with van der Waals surface area (Å²) in [5.41, 5.74) is 2.04. The molecular formula is C37H28FN3O5S2. The van der Waals surface area contributed by atoms with Gasteiger partial charge in [0.05, 0.1) is 22.5 Å². The van der Waals surface area contributed by atoms with Gasteiger partial charge in [-0.3, -0.25) is 24.1 Å². The number of aromatic amines is 1. The highest BCUT2D eigenvalue weighted by molar-refractivity contribution is 8.00. The van der Waals surface area contributed by atoms with E-state index < -0.39 is 17.7 Å². The first-order valence-electron chi connectivity index (χ1n) is 15.9. The van der Waals surface area contributed by atoms with Crippen LogP contribution in [0.3, 0.4) is 0 Å². The normalized spacial score (nSPS) is 26.8. The number of thiazole rings is 1. The minimum Gasteiger partial charge on any atom is -0.484 e. The molecule has 2 bridgehead atoms. The van der Waals surface area contributed by atoms with E-state index >= 15 is 0 Å². The summed E-state index contributed by atoms with van der Waals surface area (Å²) in [4.78, 5) is 58.4. The van der Waals surface area contributed by atoms with Crippen LogP contribution in [0.15, 0.2) is 101 Å². The second kappa shape index (κ2) is 11.2. The van der Waals surface area contributed by atoms with Crippen molar-refractivity contribution in [3.8, 4) is 5.75 Å². The van der Waals surface area contributed by atoms with Crippen molar-refractivity contribution in [2.24, 2.45) is 29.6 Å². The summed E-state index contributed by atoms with van der Waals surface area (Å²) in [6.07, 6.45) is 0.757. The lowest BCUT2D eigenvalue weighted by Crippen LogP contribution is -2.42. The molecule has 1 saturated heterocycles. The van der Waals surface area contributed by atoms with Crippen molar-refractivity contribution in [1.29, 1.82) is 0 Å². The number of imide groups is 1. The SMILES string of the molecule is O=C(COc1cccc([C@@H]2c3sc(=O)[nH]c3S[C@@H]3[C@@H]4C[C@@H]([C@@H]5C(=O)N(c6ccc(F)cc6)C(=O)[C@@H]45)[C@H]23)c1)Nc1cccc2ccccc12. The number of hydrogen-bond donors (Lipinski definition) is 2. The predicted molar refractivity (Wildman–Crippen MR) is 182 cm³/mol. The van der Waals surface area contributed by atoms with Gasteiger partial charge in [0, 0.05) is 27.1 Å². The Morgan fingerprint density at radius 1 is 0.917 bits per heavy atom. The number of nitrogens with zero attached hydrogens (tertiary/aromatic N) is 1. The Balaban J connectivity index is 0.999. The quantitative estimate of drug-likeness (QED) is 0.201. The van der Waals surface area contributed by atoms with E-state index in [4.69, 9.17) is 4.74 Å². The zero-order valence-electron chi connectivity index (χ0n) is 25.3. The van der Waals surface area contributed by atoms with E-state index in [1.165, 1.54) is 40.5 Å². The Labute approximate surface area is 282 Å². The maximum absolute atomic E-state index is 13.9. The minimum absolute atomic E-state index is 0.00929. The van der Waals surface area contributed by atoms with Gasteiger partial charge in [0.2, 0.25) is 11.8 Å². The van der Waals surface area contributed by atoms with Crippen molar-refractivity contribution in [3.63, 3.8) is 0 Å². The first-order valence-corrected chi connectivity index (χ1v) is 17.6. The predicted octanol–water partition coefficient (Wildman–Crippen LogP) is 6.42. The standard InChI is InChI=1S/C37H28FN3O5S2/c38-20-11-13-21(14-12-20)41-35(43)30-24-16-25(31(30)36(41)44)32-29(24)28(33-34(47-32)40-37(45)48-33)19-7-3-8-22(15-19)46-17-27(42)39-26-10-4-6-18-5-1-2-9-23(18)26/h1-15,24-25,28-32H,16-17H2,(H,39,42)(H,40,45)/t24-,25-,28+,29-,30+,31+,32-/m1/s1. The first-order chi connectivity index (χ1) is 23.4. The molecule has 240 valence electrons. The van der Waals surface area contributed by atoms with Crippen molar-refractivity contribution in [3.05, 3.63) is 117 Å². The molecule has 3 amide bonds. The van der Waals surface area contributed by atoms with Crippen LogP contribution in [0.25, 0.3) is 10.8 Å². The van der Waals surface area contributed by atoms with Crippen molar-refractivity contribution in [1.82, 2.24) is 4.98 Å². The number of ether oxygens (including phenoxy) is 1. The van der Waals surface area contributed by atoms with Crippen LogP contribution in [-0.4, -0.2) is 34.6 Å². The van der Waals surface area contributed by atoms with Gasteiger partial charge in [-0.15, -0.1) is 11.8 Å². The van der Waals surface area contributed by atoms with Crippen molar-refractivity contribution in [2.75, 3.05) is 16.8 Å². The Morgan fingerprint density at radius 2 is 1.67 bits per heavy atom. The highest BCUT2D eigenvalue weighted by Crippen LogP contribution is 2.68. The van der Waals surface area contributed by atoms with E-state index in [0.29, 0.717) is 17.1 Å². The van der Waals surface area contributed by atoms with E-state index in [0.717, 1.165) is 32.7 Å². The van der Waals surface area contributed by atoms with Crippen LogP contribution in [-0.2, 0) is 14.4 Å². The maximum Gasteiger partial charge on any atom is 0.305 e. The highest BCUT2D eigenvalue weighted by Gasteiger charge is 2.69. The third-order valence-electron chi connectivity index (χ3n) is 10.5. The fraction of sp³-hybridized carbons (Fsp3) is 0.243. The molecule has 8 nitrogen and oxygen atoms in total. The summed E-state index contributed by atoms with van der Waals surface area (Å²) in [7, 11) is 0. The molecule has 2 N–H and O–H groups in total. The molecule has 3 heterocycles. The largest absolute Gasteiger partial charge is 0.484 e. The van der Waals surface area contributed by atoms with Gasteiger partial charge in [-0.2, -0.15) is 0 Å². The minimum atomic E-state index is -0.466. The highest BCUT2D eigenvalue weighted by atomic mass is 32.2. The van der Waals surface area contributed by atoms with Crippen LogP contribution in [0.2, 0.25) is 0 Å². The number of hydrogen-bond acceptors (Lipinski definition) is 7. The summed E-state index contributed by atoms with van der Waals surface area (Å²) in [5.74, 6) is -1.83. The number of thioether (sulfide) groups is 1. The Kier molecular flexibility index (Phi) is 6.84. The van der Waals surface area contributed by atoms with Crippen molar-refractivity contribution >= 4 is 63.0 Å².